The standard InChI is InChI=1S/C8H13ClO3/c1-3-4-7(10)12-8(11)6(2)5-9/h5,7,10H,3-4H2,1-2H3/b6-5+. The predicted octanol–water partition coefficient (Wildman–Crippen LogP) is 1.79. The molecule has 0 aliphatic carbocycles. The van der Waals surface area contributed by atoms with Crippen LogP contribution in [0.3, 0.4) is 0 Å². The average molecular weight is 193 g/mol. The number of aliphatic hydroxyl groups excluding tert-OH is 1. The zero-order valence-electron chi connectivity index (χ0n) is 7.21. The van der Waals surface area contributed by atoms with Gasteiger partial charge in [0.15, 0.2) is 0 Å². The lowest BCUT2D eigenvalue weighted by atomic mass is 10.3. The Bertz CT molecular complexity index is 177. The Morgan fingerprint density at radius 2 is 2.33 bits per heavy atom. The molecule has 3 nitrogen and oxygen atoms in total. The highest BCUT2D eigenvalue weighted by Gasteiger charge is 2.10. The second kappa shape index (κ2) is 6.03. The number of esters is 1. The molecule has 0 heterocycles. The van der Waals surface area contributed by atoms with Gasteiger partial charge in [0.2, 0.25) is 6.29 Å². The predicted molar refractivity (Wildman–Crippen MR) is 46.6 cm³/mol. The fourth-order valence-corrected chi connectivity index (χ4v) is 0.656. The van der Waals surface area contributed by atoms with Gasteiger partial charge in [0.05, 0.1) is 0 Å². The van der Waals surface area contributed by atoms with E-state index >= 15 is 0 Å². The molecule has 4 heteroatoms. The summed E-state index contributed by atoms with van der Waals surface area (Å²) in [6.07, 6.45) is 0.188. The normalized spacial score (nSPS) is 14.2. The maximum absolute atomic E-state index is 10.9. The lowest BCUT2D eigenvalue weighted by molar-refractivity contribution is -0.163. The SMILES string of the molecule is CCCC(O)OC(=O)/C(C)=C/Cl. The maximum Gasteiger partial charge on any atom is 0.336 e. The van der Waals surface area contributed by atoms with E-state index in [0.717, 1.165) is 12.0 Å². The molecule has 0 aliphatic heterocycles. The van der Waals surface area contributed by atoms with E-state index in [1.807, 2.05) is 6.92 Å². The van der Waals surface area contributed by atoms with Crippen LogP contribution in [0.2, 0.25) is 0 Å². The van der Waals surface area contributed by atoms with E-state index < -0.39 is 12.3 Å². The van der Waals surface area contributed by atoms with E-state index in [4.69, 9.17) is 16.7 Å². The van der Waals surface area contributed by atoms with Crippen molar-refractivity contribution < 1.29 is 14.6 Å². The Hall–Kier alpha value is -0.540. The first-order valence-corrected chi connectivity index (χ1v) is 4.21. The van der Waals surface area contributed by atoms with Gasteiger partial charge in [0.25, 0.3) is 0 Å². The van der Waals surface area contributed by atoms with Crippen molar-refractivity contribution in [2.75, 3.05) is 0 Å². The minimum absolute atomic E-state index is 0.284. The number of carbonyl (C=O) groups excluding carboxylic acids is 1. The molecule has 0 aromatic heterocycles. The largest absolute Gasteiger partial charge is 0.433 e. The van der Waals surface area contributed by atoms with Crippen LogP contribution in [0, 0.1) is 0 Å². The van der Waals surface area contributed by atoms with Crippen LogP contribution in [0.1, 0.15) is 26.7 Å². The first-order chi connectivity index (χ1) is 5.61. The highest BCUT2D eigenvalue weighted by atomic mass is 35.5. The van der Waals surface area contributed by atoms with Gasteiger partial charge < -0.3 is 9.84 Å². The highest BCUT2D eigenvalue weighted by Crippen LogP contribution is 2.04. The highest BCUT2D eigenvalue weighted by molar-refractivity contribution is 6.27. The van der Waals surface area contributed by atoms with Crippen LogP contribution in [-0.4, -0.2) is 17.4 Å². The molecule has 0 saturated carbocycles. The van der Waals surface area contributed by atoms with Gasteiger partial charge in [-0.05, 0) is 6.92 Å². The van der Waals surface area contributed by atoms with Crippen LogP contribution in [0.15, 0.2) is 11.1 Å². The summed E-state index contributed by atoms with van der Waals surface area (Å²) in [6.45, 7) is 3.41. The summed E-state index contributed by atoms with van der Waals surface area (Å²) in [5.74, 6) is -0.578. The molecule has 1 N–H and O–H groups in total. The van der Waals surface area contributed by atoms with Gasteiger partial charge in [-0.25, -0.2) is 4.79 Å². The molecule has 0 aliphatic rings. The lowest BCUT2D eigenvalue weighted by Gasteiger charge is -2.10. The van der Waals surface area contributed by atoms with Crippen LogP contribution >= 0.6 is 11.6 Å². The van der Waals surface area contributed by atoms with Crippen LogP contribution in [-0.2, 0) is 9.53 Å². The lowest BCUT2D eigenvalue weighted by Crippen LogP contribution is -2.17. The molecule has 0 bridgehead atoms. The van der Waals surface area contributed by atoms with E-state index in [2.05, 4.69) is 4.74 Å². The minimum Gasteiger partial charge on any atom is -0.433 e. The second-order valence-electron chi connectivity index (χ2n) is 2.44. The van der Waals surface area contributed by atoms with E-state index in [9.17, 15) is 4.79 Å². The van der Waals surface area contributed by atoms with Crippen molar-refractivity contribution in [2.24, 2.45) is 0 Å². The van der Waals surface area contributed by atoms with Crippen molar-refractivity contribution >= 4 is 17.6 Å². The molecule has 0 aromatic carbocycles. The number of halogens is 1. The van der Waals surface area contributed by atoms with Crippen molar-refractivity contribution in [3.63, 3.8) is 0 Å². The van der Waals surface area contributed by atoms with Gasteiger partial charge in [0, 0.05) is 17.5 Å². The second-order valence-corrected chi connectivity index (χ2v) is 2.66. The molecule has 1 atom stereocenters. The average Bonchev–Trinajstić information content (AvgIpc) is 2.03. The molecule has 70 valence electrons. The number of rotatable bonds is 4. The van der Waals surface area contributed by atoms with E-state index in [1.54, 1.807) is 0 Å². The molecule has 0 amide bonds. The van der Waals surface area contributed by atoms with Gasteiger partial charge in [0.1, 0.15) is 0 Å². The fraction of sp³-hybridized carbons (Fsp3) is 0.625. The third kappa shape index (κ3) is 4.36. The Kier molecular flexibility index (Phi) is 5.76. The molecule has 0 rings (SSSR count). The van der Waals surface area contributed by atoms with Gasteiger partial charge >= 0.3 is 5.97 Å². The summed E-state index contributed by atoms with van der Waals surface area (Å²) >= 11 is 5.26. The molecule has 0 spiro atoms. The first-order valence-electron chi connectivity index (χ1n) is 3.77. The van der Waals surface area contributed by atoms with E-state index in [0.29, 0.717) is 6.42 Å². The Morgan fingerprint density at radius 3 is 2.75 bits per heavy atom. The molecule has 0 aromatic rings. The van der Waals surface area contributed by atoms with Crippen molar-refractivity contribution in [3.05, 3.63) is 11.1 Å². The first kappa shape index (κ1) is 11.5. The summed E-state index contributed by atoms with van der Waals surface area (Å²) in [4.78, 5) is 10.9. The number of hydrogen-bond acceptors (Lipinski definition) is 3. The summed E-state index contributed by atoms with van der Waals surface area (Å²) in [6, 6.07) is 0. The molecule has 12 heavy (non-hydrogen) atoms. The van der Waals surface area contributed by atoms with Crippen molar-refractivity contribution in [1.29, 1.82) is 0 Å². The fourth-order valence-electron chi connectivity index (χ4n) is 0.567. The van der Waals surface area contributed by atoms with E-state index in [1.165, 1.54) is 6.92 Å². The van der Waals surface area contributed by atoms with E-state index in [-0.39, 0.29) is 5.57 Å². The van der Waals surface area contributed by atoms with Crippen molar-refractivity contribution in [3.8, 4) is 0 Å². The Morgan fingerprint density at radius 1 is 1.75 bits per heavy atom. The van der Waals surface area contributed by atoms with Gasteiger partial charge in [-0.15, -0.1) is 0 Å². The van der Waals surface area contributed by atoms with Crippen molar-refractivity contribution in [2.45, 2.75) is 33.0 Å². The zero-order valence-corrected chi connectivity index (χ0v) is 7.97. The minimum atomic E-state index is -1.02. The molecule has 0 radical (unpaired) electrons. The summed E-state index contributed by atoms with van der Waals surface area (Å²) in [5.41, 5.74) is 1.41. The van der Waals surface area contributed by atoms with Crippen LogP contribution in [0.5, 0.6) is 0 Å². The molecule has 0 fully saturated rings. The van der Waals surface area contributed by atoms with Crippen molar-refractivity contribution in [1.82, 2.24) is 0 Å². The third-order valence-electron chi connectivity index (χ3n) is 1.26. The zero-order chi connectivity index (χ0) is 9.56. The van der Waals surface area contributed by atoms with Crippen LogP contribution < -0.4 is 0 Å². The number of ether oxygens (including phenoxy) is 1. The van der Waals surface area contributed by atoms with Gasteiger partial charge in [-0.2, -0.15) is 0 Å². The molecular weight excluding hydrogens is 180 g/mol. The maximum atomic E-state index is 10.9. The smallest absolute Gasteiger partial charge is 0.336 e. The third-order valence-corrected chi connectivity index (χ3v) is 1.59. The Labute approximate surface area is 77.0 Å². The number of hydrogen-bond donors (Lipinski definition) is 1. The summed E-state index contributed by atoms with van der Waals surface area (Å²) in [5, 5.41) is 9.05. The molecule has 1 unspecified atom stereocenters. The summed E-state index contributed by atoms with van der Waals surface area (Å²) in [7, 11) is 0. The van der Waals surface area contributed by atoms with Crippen LogP contribution in [0.4, 0.5) is 0 Å². The number of aliphatic hydroxyl groups is 1. The summed E-state index contributed by atoms with van der Waals surface area (Å²) < 4.78 is 4.61. The quantitative estimate of drug-likeness (QED) is 0.420. The van der Waals surface area contributed by atoms with Gasteiger partial charge in [-0.1, -0.05) is 24.9 Å². The topological polar surface area (TPSA) is 46.5 Å². The van der Waals surface area contributed by atoms with Gasteiger partial charge in [-0.3, -0.25) is 0 Å². The molecule has 0 saturated heterocycles. The monoisotopic (exact) mass is 192 g/mol. The number of carbonyl (C=O) groups is 1. The van der Waals surface area contributed by atoms with Crippen LogP contribution in [0.25, 0.3) is 0 Å². The Balaban J connectivity index is 3.84. The molecular formula is C8H13ClO3.